The molecule has 0 heterocycles. The average Bonchev–Trinajstić information content (AvgIpc) is 2.47. The Morgan fingerprint density at radius 2 is 1.85 bits per heavy atom. The Balaban J connectivity index is 2.71. The van der Waals surface area contributed by atoms with E-state index in [9.17, 15) is 24.6 Å². The first-order valence-corrected chi connectivity index (χ1v) is 8.97. The Hall–Kier alpha value is -2.04. The van der Waals surface area contributed by atoms with Crippen LogP contribution in [0.15, 0.2) is 18.2 Å². The second kappa shape index (κ2) is 9.06. The predicted molar refractivity (Wildman–Crippen MR) is 103 cm³/mol. The maximum Gasteiger partial charge on any atom is 0.408 e. The van der Waals surface area contributed by atoms with Crippen LogP contribution in [0.5, 0.6) is 5.75 Å². The molecular weight excluding hydrogens is 455 g/mol. The molecule has 1 aromatic rings. The van der Waals surface area contributed by atoms with Crippen LogP contribution in [0.1, 0.15) is 33.3 Å². The van der Waals surface area contributed by atoms with E-state index in [4.69, 9.17) is 4.74 Å². The lowest BCUT2D eigenvalue weighted by Gasteiger charge is -2.22. The van der Waals surface area contributed by atoms with Crippen LogP contribution in [-0.4, -0.2) is 45.9 Å². The molecule has 8 nitrogen and oxygen atoms in total. The van der Waals surface area contributed by atoms with Crippen molar-refractivity contribution in [2.24, 2.45) is 0 Å². The smallest absolute Gasteiger partial charge is 0.408 e. The molecule has 0 bridgehead atoms. The molecule has 0 spiro atoms. The van der Waals surface area contributed by atoms with E-state index in [-0.39, 0.29) is 12.2 Å². The van der Waals surface area contributed by atoms with Crippen LogP contribution in [0.4, 0.5) is 4.79 Å². The minimum absolute atomic E-state index is 0.0382. The zero-order valence-corrected chi connectivity index (χ0v) is 17.2. The number of rotatable bonds is 6. The van der Waals surface area contributed by atoms with Crippen LogP contribution < -0.4 is 10.6 Å². The third-order valence-electron chi connectivity index (χ3n) is 3.19. The highest BCUT2D eigenvalue weighted by atomic mass is 127. The molecule has 1 aromatic carbocycles. The molecule has 1 rings (SSSR count). The Bertz CT molecular complexity index is 686. The zero-order chi connectivity index (χ0) is 20.1. The highest BCUT2D eigenvalue weighted by Gasteiger charge is 2.26. The summed E-state index contributed by atoms with van der Waals surface area (Å²) >= 11 is 1.93. The fourth-order valence-electron chi connectivity index (χ4n) is 1.96. The van der Waals surface area contributed by atoms with E-state index < -0.39 is 35.7 Å². The number of phenols is 1. The first kappa shape index (κ1) is 22.0. The summed E-state index contributed by atoms with van der Waals surface area (Å²) in [7, 11) is 0. The number of carboxylic acid groups (broad SMARTS) is 1. The minimum atomic E-state index is -1.20. The van der Waals surface area contributed by atoms with E-state index in [1.165, 1.54) is 13.0 Å². The third kappa shape index (κ3) is 7.46. The van der Waals surface area contributed by atoms with Gasteiger partial charge in [-0.2, -0.15) is 0 Å². The topological polar surface area (TPSA) is 125 Å². The van der Waals surface area contributed by atoms with Crippen LogP contribution in [0.3, 0.4) is 0 Å². The number of ether oxygens (including phenoxy) is 1. The van der Waals surface area contributed by atoms with E-state index in [2.05, 4.69) is 10.6 Å². The van der Waals surface area contributed by atoms with Crippen LogP contribution in [-0.2, 0) is 20.7 Å². The van der Waals surface area contributed by atoms with Gasteiger partial charge < -0.3 is 25.6 Å². The number of phenolic OH excluding ortho intramolecular Hbond substituents is 1. The Kier molecular flexibility index (Phi) is 7.67. The van der Waals surface area contributed by atoms with Crippen molar-refractivity contribution >= 4 is 40.6 Å². The highest BCUT2D eigenvalue weighted by molar-refractivity contribution is 14.1. The molecule has 2 unspecified atom stereocenters. The number of hydrogen-bond donors (Lipinski definition) is 4. The van der Waals surface area contributed by atoms with Gasteiger partial charge in [-0.05, 0) is 68.0 Å². The summed E-state index contributed by atoms with van der Waals surface area (Å²) in [6, 6.07) is 2.55. The van der Waals surface area contributed by atoms with Crippen molar-refractivity contribution in [1.82, 2.24) is 10.6 Å². The number of halogens is 1. The van der Waals surface area contributed by atoms with E-state index in [1.54, 1.807) is 32.9 Å². The van der Waals surface area contributed by atoms with E-state index in [0.717, 1.165) is 0 Å². The fourth-order valence-corrected chi connectivity index (χ4v) is 2.54. The van der Waals surface area contributed by atoms with Gasteiger partial charge in [-0.3, -0.25) is 4.79 Å². The molecular formula is C17H23IN2O6. The van der Waals surface area contributed by atoms with Gasteiger partial charge in [-0.1, -0.05) is 6.07 Å². The summed E-state index contributed by atoms with van der Waals surface area (Å²) < 4.78 is 5.64. The molecule has 2 atom stereocenters. The number of carboxylic acids is 1. The minimum Gasteiger partial charge on any atom is -0.507 e. The first-order chi connectivity index (χ1) is 11.9. The lowest BCUT2D eigenvalue weighted by atomic mass is 10.1. The van der Waals surface area contributed by atoms with Gasteiger partial charge in [-0.25, -0.2) is 9.59 Å². The van der Waals surface area contributed by atoms with Crippen molar-refractivity contribution in [3.63, 3.8) is 0 Å². The predicted octanol–water partition coefficient (Wildman–Crippen LogP) is 2.02. The number of aliphatic carboxylic acids is 1. The number of hydrogen-bond acceptors (Lipinski definition) is 5. The van der Waals surface area contributed by atoms with Crippen molar-refractivity contribution in [1.29, 1.82) is 0 Å². The number of carbonyl (C=O) groups excluding carboxylic acids is 2. The summed E-state index contributed by atoms with van der Waals surface area (Å²) in [6.45, 7) is 6.51. The van der Waals surface area contributed by atoms with E-state index in [1.807, 2.05) is 22.6 Å². The van der Waals surface area contributed by atoms with Crippen molar-refractivity contribution in [2.75, 3.05) is 0 Å². The van der Waals surface area contributed by atoms with Gasteiger partial charge in [0.15, 0.2) is 0 Å². The van der Waals surface area contributed by atoms with Crippen molar-refractivity contribution < 1.29 is 29.3 Å². The summed E-state index contributed by atoms with van der Waals surface area (Å²) in [4.78, 5) is 35.3. The molecule has 0 fully saturated rings. The second-order valence-electron chi connectivity index (χ2n) is 6.76. The summed E-state index contributed by atoms with van der Waals surface area (Å²) in [5, 5.41) is 23.6. The van der Waals surface area contributed by atoms with E-state index >= 15 is 0 Å². The monoisotopic (exact) mass is 478 g/mol. The van der Waals surface area contributed by atoms with E-state index in [0.29, 0.717) is 9.13 Å². The Morgan fingerprint density at radius 3 is 2.35 bits per heavy atom. The van der Waals surface area contributed by atoms with Crippen molar-refractivity contribution in [3.05, 3.63) is 27.3 Å². The van der Waals surface area contributed by atoms with Crippen LogP contribution in [0.25, 0.3) is 0 Å². The van der Waals surface area contributed by atoms with Crippen LogP contribution in [0, 0.1) is 3.57 Å². The van der Waals surface area contributed by atoms with Crippen LogP contribution >= 0.6 is 22.6 Å². The Labute approximate surface area is 165 Å². The van der Waals surface area contributed by atoms with Crippen LogP contribution in [0.2, 0.25) is 0 Å². The molecule has 144 valence electrons. The van der Waals surface area contributed by atoms with Gasteiger partial charge in [-0.15, -0.1) is 0 Å². The van der Waals surface area contributed by atoms with Gasteiger partial charge in [0.25, 0.3) is 0 Å². The number of alkyl carbamates (subject to hydrolysis) is 1. The number of benzene rings is 1. The number of carbonyl (C=O) groups is 3. The fraction of sp³-hybridized carbons (Fsp3) is 0.471. The maximum atomic E-state index is 12.2. The summed E-state index contributed by atoms with van der Waals surface area (Å²) in [5.74, 6) is -1.75. The lowest BCUT2D eigenvalue weighted by molar-refractivity contribution is -0.142. The molecule has 26 heavy (non-hydrogen) atoms. The SMILES string of the molecule is CC(NC(=O)OC(C)(C)C)C(=O)NC(Cc1ccc(O)c(I)c1)C(=O)O. The average molecular weight is 478 g/mol. The first-order valence-electron chi connectivity index (χ1n) is 7.89. The summed E-state index contributed by atoms with van der Waals surface area (Å²) in [5.41, 5.74) is -0.0625. The molecule has 2 amide bonds. The summed E-state index contributed by atoms with van der Waals surface area (Å²) in [6.07, 6.45) is -0.726. The molecule has 0 saturated heterocycles. The molecule has 0 aliphatic carbocycles. The normalized spacial score (nSPS) is 13.4. The van der Waals surface area contributed by atoms with Crippen molar-refractivity contribution in [3.8, 4) is 5.75 Å². The van der Waals surface area contributed by atoms with Gasteiger partial charge in [0.05, 0.1) is 3.57 Å². The largest absolute Gasteiger partial charge is 0.507 e. The molecule has 9 heteroatoms. The highest BCUT2D eigenvalue weighted by Crippen LogP contribution is 2.21. The molecule has 0 aliphatic rings. The molecule has 0 aliphatic heterocycles. The number of nitrogens with one attached hydrogen (secondary N) is 2. The lowest BCUT2D eigenvalue weighted by Crippen LogP contribution is -2.51. The van der Waals surface area contributed by atoms with Gasteiger partial charge in [0.1, 0.15) is 23.4 Å². The third-order valence-corrected chi connectivity index (χ3v) is 4.06. The molecule has 0 radical (unpaired) electrons. The molecule has 0 aromatic heterocycles. The Morgan fingerprint density at radius 1 is 1.23 bits per heavy atom. The zero-order valence-electron chi connectivity index (χ0n) is 15.0. The quantitative estimate of drug-likeness (QED) is 0.464. The maximum absolute atomic E-state index is 12.2. The standard InChI is InChI=1S/C17H23IN2O6/c1-9(19-16(25)26-17(2,3)4)14(22)20-12(15(23)24)8-10-5-6-13(21)11(18)7-10/h5-7,9,12,21H,8H2,1-4H3,(H,19,25)(H,20,22)(H,23,24). The number of aromatic hydroxyl groups is 1. The number of amides is 2. The van der Waals surface area contributed by atoms with Crippen molar-refractivity contribution in [2.45, 2.75) is 51.8 Å². The second-order valence-corrected chi connectivity index (χ2v) is 7.92. The van der Waals surface area contributed by atoms with Gasteiger partial charge in [0, 0.05) is 6.42 Å². The van der Waals surface area contributed by atoms with Gasteiger partial charge in [0.2, 0.25) is 5.91 Å². The van der Waals surface area contributed by atoms with Gasteiger partial charge >= 0.3 is 12.1 Å². The molecule has 0 saturated carbocycles. The molecule has 4 N–H and O–H groups in total.